The van der Waals surface area contributed by atoms with Crippen molar-refractivity contribution in [3.63, 3.8) is 0 Å². The second kappa shape index (κ2) is 9.39. The highest BCUT2D eigenvalue weighted by Crippen LogP contribution is 2.30. The summed E-state index contributed by atoms with van der Waals surface area (Å²) in [6.07, 6.45) is 7.30. The molecule has 2 aromatic rings. The quantitative estimate of drug-likeness (QED) is 0.340. The second-order valence-corrected chi connectivity index (χ2v) is 14.5. The van der Waals surface area contributed by atoms with Gasteiger partial charge in [-0.1, -0.05) is 59.5 Å². The summed E-state index contributed by atoms with van der Waals surface area (Å²) in [6.45, 7) is 19.0. The molecule has 0 unspecified atom stereocenters. The molecule has 2 rings (SSSR count). The minimum atomic E-state index is -1.44. The SMILES string of the molecule is CCC(CC)c1ccc(C)c(-c2cc([Si](C)(C)C)c(C(CC)CC)c[n+]2C)c1. The summed E-state index contributed by atoms with van der Waals surface area (Å²) < 4.78 is 2.39. The normalized spacial score (nSPS) is 12.2. The molecule has 1 heterocycles. The fourth-order valence-corrected chi connectivity index (χ4v) is 6.27. The van der Waals surface area contributed by atoms with E-state index in [2.05, 4.69) is 96.3 Å². The van der Waals surface area contributed by atoms with Gasteiger partial charge in [-0.3, -0.25) is 0 Å². The summed E-state index contributed by atoms with van der Waals surface area (Å²) in [4.78, 5) is 0. The van der Waals surface area contributed by atoms with Crippen molar-refractivity contribution in [3.05, 3.63) is 47.2 Å². The van der Waals surface area contributed by atoms with Crippen LogP contribution in [0.3, 0.4) is 0 Å². The lowest BCUT2D eigenvalue weighted by atomic mass is 9.90. The summed E-state index contributed by atoms with van der Waals surface area (Å²) in [6, 6.07) is 9.67. The van der Waals surface area contributed by atoms with E-state index in [-0.39, 0.29) is 0 Å². The maximum Gasteiger partial charge on any atom is 0.212 e. The molecule has 0 saturated carbocycles. The molecule has 0 spiro atoms. The number of rotatable bonds is 8. The molecule has 0 fully saturated rings. The van der Waals surface area contributed by atoms with Gasteiger partial charge in [-0.2, -0.15) is 0 Å². The molecule has 1 aromatic carbocycles. The molecule has 0 atom stereocenters. The van der Waals surface area contributed by atoms with Crippen molar-refractivity contribution in [3.8, 4) is 11.3 Å². The topological polar surface area (TPSA) is 3.88 Å². The fourth-order valence-electron chi connectivity index (χ4n) is 4.57. The van der Waals surface area contributed by atoms with Crippen LogP contribution in [0.5, 0.6) is 0 Å². The highest BCUT2D eigenvalue weighted by molar-refractivity contribution is 6.89. The first kappa shape index (κ1) is 22.9. The van der Waals surface area contributed by atoms with Crippen molar-refractivity contribution < 1.29 is 4.57 Å². The highest BCUT2D eigenvalue weighted by atomic mass is 28.3. The number of hydrogen-bond donors (Lipinski definition) is 0. The minimum absolute atomic E-state index is 0.657. The van der Waals surface area contributed by atoms with E-state index in [0.717, 1.165) is 0 Å². The first-order chi connectivity index (χ1) is 13.2. The lowest BCUT2D eigenvalue weighted by molar-refractivity contribution is -0.660. The molecule has 0 aliphatic rings. The number of hydrogen-bond acceptors (Lipinski definition) is 0. The zero-order valence-corrected chi connectivity index (χ0v) is 20.8. The summed E-state index contributed by atoms with van der Waals surface area (Å²) >= 11 is 0. The van der Waals surface area contributed by atoms with Crippen LogP contribution in [-0.4, -0.2) is 8.07 Å². The number of aromatic nitrogens is 1. The molecule has 1 nitrogen and oxygen atoms in total. The number of aryl methyl sites for hydroxylation is 2. The van der Waals surface area contributed by atoms with E-state index >= 15 is 0 Å². The van der Waals surface area contributed by atoms with Gasteiger partial charge in [-0.15, -0.1) is 0 Å². The van der Waals surface area contributed by atoms with E-state index < -0.39 is 8.07 Å². The van der Waals surface area contributed by atoms with Gasteiger partial charge in [0.2, 0.25) is 5.69 Å². The second-order valence-electron chi connectivity index (χ2n) is 9.49. The van der Waals surface area contributed by atoms with Crippen LogP contribution in [0.15, 0.2) is 30.5 Å². The number of benzene rings is 1. The standard InChI is InChI=1S/C26H42NSi/c1-10-20(11-2)22-15-14-19(5)23(16-22)25-17-26(28(7,8)9)24(18-27(25)6)21(12-3)13-4/h14-18,20-21H,10-13H2,1-9H3/q+1. The Morgan fingerprint density at radius 2 is 1.43 bits per heavy atom. The fraction of sp³-hybridized carbons (Fsp3) is 0.577. The van der Waals surface area contributed by atoms with Gasteiger partial charge in [0.05, 0.1) is 8.07 Å². The molecule has 0 N–H and O–H groups in total. The van der Waals surface area contributed by atoms with Crippen molar-refractivity contribution >= 4 is 13.3 Å². The van der Waals surface area contributed by atoms with Crippen LogP contribution in [-0.2, 0) is 7.05 Å². The smallest absolute Gasteiger partial charge is 0.201 e. The van der Waals surface area contributed by atoms with E-state index in [1.165, 1.54) is 48.1 Å². The van der Waals surface area contributed by atoms with Crippen LogP contribution in [0.2, 0.25) is 19.6 Å². The molecule has 1 aromatic heterocycles. The Morgan fingerprint density at radius 3 is 1.93 bits per heavy atom. The van der Waals surface area contributed by atoms with Gasteiger partial charge in [0, 0.05) is 17.2 Å². The van der Waals surface area contributed by atoms with Crippen LogP contribution in [0.4, 0.5) is 0 Å². The van der Waals surface area contributed by atoms with E-state index in [4.69, 9.17) is 0 Å². The zero-order valence-electron chi connectivity index (χ0n) is 19.8. The minimum Gasteiger partial charge on any atom is -0.201 e. The van der Waals surface area contributed by atoms with E-state index in [1.54, 1.807) is 10.8 Å². The van der Waals surface area contributed by atoms with Gasteiger partial charge in [-0.05, 0) is 66.8 Å². The molecule has 154 valence electrons. The third kappa shape index (κ3) is 4.76. The lowest BCUT2D eigenvalue weighted by Crippen LogP contribution is -2.45. The Bertz CT molecular complexity index is 793. The molecule has 0 aliphatic heterocycles. The van der Waals surface area contributed by atoms with Gasteiger partial charge in [0.1, 0.15) is 7.05 Å². The largest absolute Gasteiger partial charge is 0.212 e. The summed E-state index contributed by atoms with van der Waals surface area (Å²) in [5, 5.41) is 1.64. The van der Waals surface area contributed by atoms with E-state index in [0.29, 0.717) is 11.8 Å². The summed E-state index contributed by atoms with van der Waals surface area (Å²) in [5.41, 5.74) is 7.23. The average Bonchev–Trinajstić information content (AvgIpc) is 2.64. The molecule has 0 amide bonds. The third-order valence-corrected chi connectivity index (χ3v) is 8.58. The Hall–Kier alpha value is -1.41. The molecular weight excluding hydrogens is 354 g/mol. The zero-order chi connectivity index (χ0) is 21.1. The Balaban J connectivity index is 2.72. The summed E-state index contributed by atoms with van der Waals surface area (Å²) in [5.74, 6) is 1.32. The van der Waals surface area contributed by atoms with Gasteiger partial charge in [0.25, 0.3) is 0 Å². The molecule has 0 aliphatic carbocycles. The van der Waals surface area contributed by atoms with E-state index in [1.807, 2.05) is 0 Å². The maximum absolute atomic E-state index is 2.54. The van der Waals surface area contributed by atoms with Gasteiger partial charge >= 0.3 is 0 Å². The molecule has 0 bridgehead atoms. The van der Waals surface area contributed by atoms with Crippen LogP contribution >= 0.6 is 0 Å². The van der Waals surface area contributed by atoms with Crippen molar-refractivity contribution in [2.24, 2.45) is 7.05 Å². The van der Waals surface area contributed by atoms with Gasteiger partial charge in [0.15, 0.2) is 6.20 Å². The van der Waals surface area contributed by atoms with Crippen molar-refractivity contribution in [2.75, 3.05) is 0 Å². The van der Waals surface area contributed by atoms with Crippen molar-refractivity contribution in [1.82, 2.24) is 0 Å². The van der Waals surface area contributed by atoms with Crippen molar-refractivity contribution in [1.29, 1.82) is 0 Å². The van der Waals surface area contributed by atoms with Crippen molar-refractivity contribution in [2.45, 2.75) is 91.8 Å². The first-order valence-corrected chi connectivity index (χ1v) is 14.8. The van der Waals surface area contributed by atoms with Gasteiger partial charge < -0.3 is 0 Å². The average molecular weight is 397 g/mol. The molecule has 2 heteroatoms. The number of nitrogens with zero attached hydrogens (tertiary/aromatic N) is 1. The van der Waals surface area contributed by atoms with Crippen LogP contribution in [0.25, 0.3) is 11.3 Å². The molecule has 0 saturated heterocycles. The highest BCUT2D eigenvalue weighted by Gasteiger charge is 2.28. The van der Waals surface area contributed by atoms with Gasteiger partial charge in [-0.25, -0.2) is 4.57 Å². The molecule has 0 radical (unpaired) electrons. The maximum atomic E-state index is 2.54. The molecular formula is C26H42NSi+. The van der Waals surface area contributed by atoms with Crippen LogP contribution in [0, 0.1) is 6.92 Å². The predicted octanol–water partition coefficient (Wildman–Crippen LogP) is 6.84. The Kier molecular flexibility index (Phi) is 7.67. The third-order valence-electron chi connectivity index (χ3n) is 6.53. The number of pyridine rings is 1. The summed E-state index contributed by atoms with van der Waals surface area (Å²) in [7, 11) is 0.794. The monoisotopic (exact) mass is 396 g/mol. The Morgan fingerprint density at radius 1 is 0.857 bits per heavy atom. The lowest BCUT2D eigenvalue weighted by Gasteiger charge is -2.25. The van der Waals surface area contributed by atoms with Crippen LogP contribution < -0.4 is 9.75 Å². The molecule has 28 heavy (non-hydrogen) atoms. The van der Waals surface area contributed by atoms with Crippen LogP contribution in [0.1, 0.15) is 81.9 Å². The predicted molar refractivity (Wildman–Crippen MR) is 127 cm³/mol. The Labute approximate surface area is 175 Å². The first-order valence-electron chi connectivity index (χ1n) is 11.3. The van der Waals surface area contributed by atoms with E-state index in [9.17, 15) is 0 Å².